The van der Waals surface area contributed by atoms with Gasteiger partial charge in [-0.2, -0.15) is 13.2 Å². The van der Waals surface area contributed by atoms with Crippen LogP contribution in [0.4, 0.5) is 13.2 Å². The number of ketones is 1. The van der Waals surface area contributed by atoms with Crippen molar-refractivity contribution in [1.82, 2.24) is 10.3 Å². The van der Waals surface area contributed by atoms with E-state index in [1.165, 1.54) is 12.1 Å². The van der Waals surface area contributed by atoms with Crippen LogP contribution in [0, 0.1) is 0 Å². The lowest BCUT2D eigenvalue weighted by Crippen LogP contribution is -2.33. The Kier molecular flexibility index (Phi) is 5.15. The van der Waals surface area contributed by atoms with Crippen molar-refractivity contribution in [3.8, 4) is 0 Å². The molecule has 1 aliphatic rings. The number of Topliss-reactive ketones (excluding diaryl/α,β-unsaturated/α-hetero) is 1. The van der Waals surface area contributed by atoms with Crippen molar-refractivity contribution < 1.29 is 22.7 Å². The topological polar surface area (TPSA) is 51.2 Å². The van der Waals surface area contributed by atoms with Crippen molar-refractivity contribution in [2.75, 3.05) is 19.7 Å². The molecular weight excluding hydrogens is 333 g/mol. The molecule has 4 nitrogen and oxygen atoms in total. The smallest absolute Gasteiger partial charge is 0.369 e. The van der Waals surface area contributed by atoms with Crippen LogP contribution in [0.25, 0.3) is 0 Å². The van der Waals surface area contributed by atoms with Crippen molar-refractivity contribution >= 4 is 5.78 Å². The molecule has 0 amide bonds. The Bertz CT molecular complexity index is 721. The van der Waals surface area contributed by atoms with E-state index in [1.807, 2.05) is 6.07 Å². The lowest BCUT2D eigenvalue weighted by molar-refractivity contribution is -0.137. The quantitative estimate of drug-likeness (QED) is 0.861. The lowest BCUT2D eigenvalue weighted by atomic mass is 10.0. The second kappa shape index (κ2) is 7.33. The molecule has 0 radical (unpaired) electrons. The Balaban J connectivity index is 1.64. The molecular formula is C18H17F3N2O2. The van der Waals surface area contributed by atoms with Crippen LogP contribution in [0.15, 0.2) is 42.6 Å². The first-order chi connectivity index (χ1) is 11.9. The molecule has 2 heterocycles. The first-order valence-corrected chi connectivity index (χ1v) is 7.91. The first-order valence-electron chi connectivity index (χ1n) is 7.91. The average molecular weight is 350 g/mol. The summed E-state index contributed by atoms with van der Waals surface area (Å²) in [6.07, 6.45) is -2.82. The van der Waals surface area contributed by atoms with E-state index in [0.29, 0.717) is 18.7 Å². The largest absolute Gasteiger partial charge is 0.416 e. The van der Waals surface area contributed by atoms with Gasteiger partial charge >= 0.3 is 6.18 Å². The van der Waals surface area contributed by atoms with Crippen molar-refractivity contribution in [2.45, 2.75) is 18.7 Å². The highest BCUT2D eigenvalue weighted by Crippen LogP contribution is 2.29. The van der Waals surface area contributed by atoms with Gasteiger partial charge in [-0.3, -0.25) is 9.78 Å². The molecule has 3 rings (SSSR count). The van der Waals surface area contributed by atoms with Gasteiger partial charge in [-0.15, -0.1) is 0 Å². The van der Waals surface area contributed by atoms with E-state index in [1.54, 1.807) is 12.3 Å². The molecule has 7 heteroatoms. The van der Waals surface area contributed by atoms with Gasteiger partial charge in [0, 0.05) is 31.3 Å². The molecule has 2 aromatic rings. The number of aromatic nitrogens is 1. The number of halogens is 3. The zero-order chi connectivity index (χ0) is 17.9. The molecule has 1 aromatic heterocycles. The van der Waals surface area contributed by atoms with E-state index < -0.39 is 11.7 Å². The molecule has 0 saturated carbocycles. The summed E-state index contributed by atoms with van der Waals surface area (Å²) < 4.78 is 43.3. The first kappa shape index (κ1) is 17.6. The normalized spacial score (nSPS) is 18.1. The van der Waals surface area contributed by atoms with Crippen LogP contribution >= 0.6 is 0 Å². The third kappa shape index (κ3) is 4.43. The Hall–Kier alpha value is -2.25. The predicted molar refractivity (Wildman–Crippen MR) is 85.3 cm³/mol. The number of hydrogen-bond donors (Lipinski definition) is 1. The second-order valence-corrected chi connectivity index (χ2v) is 5.83. The molecule has 1 aromatic carbocycles. The Morgan fingerprint density at radius 1 is 1.20 bits per heavy atom. The van der Waals surface area contributed by atoms with Crippen molar-refractivity contribution in [3.63, 3.8) is 0 Å². The molecule has 1 fully saturated rings. The van der Waals surface area contributed by atoms with Crippen molar-refractivity contribution in [1.29, 1.82) is 0 Å². The molecule has 0 bridgehead atoms. The van der Waals surface area contributed by atoms with Gasteiger partial charge in [-0.05, 0) is 23.8 Å². The van der Waals surface area contributed by atoms with Crippen molar-refractivity contribution in [3.05, 3.63) is 65.0 Å². The SMILES string of the molecule is O=C(Cc1ccc([C@H]2CNCCO2)nc1)c1ccc(C(F)(F)F)cc1. The Labute approximate surface area is 143 Å². The lowest BCUT2D eigenvalue weighted by Gasteiger charge is -2.23. The van der Waals surface area contributed by atoms with E-state index in [-0.39, 0.29) is 23.9 Å². The van der Waals surface area contributed by atoms with Gasteiger partial charge in [0.05, 0.1) is 17.9 Å². The minimum Gasteiger partial charge on any atom is -0.369 e. The van der Waals surface area contributed by atoms with Crippen LogP contribution in [-0.2, 0) is 17.3 Å². The third-order valence-corrected chi connectivity index (χ3v) is 4.00. The fraction of sp³-hybridized carbons (Fsp3) is 0.333. The van der Waals surface area contributed by atoms with Crippen LogP contribution in [0.5, 0.6) is 0 Å². The molecule has 132 valence electrons. The number of ether oxygens (including phenoxy) is 1. The summed E-state index contributed by atoms with van der Waals surface area (Å²) in [6, 6.07) is 7.85. The maximum Gasteiger partial charge on any atom is 0.416 e. The summed E-state index contributed by atoms with van der Waals surface area (Å²) in [7, 11) is 0. The molecule has 0 aliphatic carbocycles. The van der Waals surface area contributed by atoms with Gasteiger partial charge in [0.25, 0.3) is 0 Å². The van der Waals surface area contributed by atoms with Crippen molar-refractivity contribution in [2.24, 2.45) is 0 Å². The number of alkyl halides is 3. The predicted octanol–water partition coefficient (Wildman–Crippen LogP) is 3.19. The standard InChI is InChI=1S/C18H17F3N2O2/c19-18(20,21)14-4-2-13(3-5-14)16(24)9-12-1-6-15(23-10-12)17-11-22-7-8-25-17/h1-6,10,17,22H,7-9,11H2/t17-/m1/s1. The number of nitrogens with one attached hydrogen (secondary N) is 1. The summed E-state index contributed by atoms with van der Waals surface area (Å²) in [5, 5.41) is 3.22. The number of carbonyl (C=O) groups is 1. The number of rotatable bonds is 4. The van der Waals surface area contributed by atoms with E-state index >= 15 is 0 Å². The van der Waals surface area contributed by atoms with Crippen LogP contribution in [0.2, 0.25) is 0 Å². The summed E-state index contributed by atoms with van der Waals surface area (Å²) in [6.45, 7) is 2.13. The number of benzene rings is 1. The van der Waals surface area contributed by atoms with E-state index in [2.05, 4.69) is 10.3 Å². The molecule has 0 spiro atoms. The second-order valence-electron chi connectivity index (χ2n) is 5.83. The van der Waals surface area contributed by atoms with E-state index in [0.717, 1.165) is 24.4 Å². The zero-order valence-corrected chi connectivity index (χ0v) is 13.3. The average Bonchev–Trinajstić information content (AvgIpc) is 2.62. The number of nitrogens with zero attached hydrogens (tertiary/aromatic N) is 1. The Morgan fingerprint density at radius 3 is 2.52 bits per heavy atom. The van der Waals surface area contributed by atoms with Crippen LogP contribution < -0.4 is 5.32 Å². The minimum absolute atomic E-state index is 0.0857. The maximum atomic E-state index is 12.6. The summed E-state index contributed by atoms with van der Waals surface area (Å²) >= 11 is 0. The molecule has 1 saturated heterocycles. The van der Waals surface area contributed by atoms with Gasteiger partial charge in [-0.1, -0.05) is 18.2 Å². The Morgan fingerprint density at radius 2 is 1.96 bits per heavy atom. The summed E-state index contributed by atoms with van der Waals surface area (Å²) in [5.74, 6) is -0.251. The third-order valence-electron chi connectivity index (χ3n) is 4.00. The molecule has 1 aliphatic heterocycles. The maximum absolute atomic E-state index is 12.6. The van der Waals surface area contributed by atoms with Crippen LogP contribution in [-0.4, -0.2) is 30.5 Å². The van der Waals surface area contributed by atoms with Gasteiger partial charge < -0.3 is 10.1 Å². The molecule has 1 N–H and O–H groups in total. The minimum atomic E-state index is -4.41. The van der Waals surface area contributed by atoms with Gasteiger partial charge in [0.1, 0.15) is 6.10 Å². The monoisotopic (exact) mass is 350 g/mol. The molecule has 25 heavy (non-hydrogen) atoms. The fourth-order valence-corrected chi connectivity index (χ4v) is 2.62. The van der Waals surface area contributed by atoms with Crippen LogP contribution in [0.3, 0.4) is 0 Å². The fourth-order valence-electron chi connectivity index (χ4n) is 2.62. The summed E-state index contributed by atoms with van der Waals surface area (Å²) in [4.78, 5) is 16.5. The highest BCUT2D eigenvalue weighted by Gasteiger charge is 2.30. The van der Waals surface area contributed by atoms with E-state index in [4.69, 9.17) is 4.74 Å². The van der Waals surface area contributed by atoms with Gasteiger partial charge in [0.2, 0.25) is 0 Å². The molecule has 1 atom stereocenters. The summed E-state index contributed by atoms with van der Waals surface area (Å²) in [5.41, 5.74) is 0.975. The number of hydrogen-bond acceptors (Lipinski definition) is 4. The van der Waals surface area contributed by atoms with Gasteiger partial charge in [-0.25, -0.2) is 0 Å². The molecule has 0 unspecified atom stereocenters. The highest BCUT2D eigenvalue weighted by atomic mass is 19.4. The number of morpholine rings is 1. The van der Waals surface area contributed by atoms with Gasteiger partial charge in [0.15, 0.2) is 5.78 Å². The number of pyridine rings is 1. The zero-order valence-electron chi connectivity index (χ0n) is 13.3. The van der Waals surface area contributed by atoms with Crippen LogP contribution in [0.1, 0.15) is 33.3 Å². The number of carbonyl (C=O) groups excluding carboxylic acids is 1. The highest BCUT2D eigenvalue weighted by molar-refractivity contribution is 5.97. The van der Waals surface area contributed by atoms with E-state index in [9.17, 15) is 18.0 Å².